The fraction of sp³-hybridized carbons (Fsp3) is 0. The number of hydrogen-bond acceptors (Lipinski definition) is 4. The molecule has 0 fully saturated rings. The summed E-state index contributed by atoms with van der Waals surface area (Å²) in [6.07, 6.45) is 0. The molecule has 2 aromatic carbocycles. The fourth-order valence-corrected chi connectivity index (χ4v) is 2.94. The predicted octanol–water partition coefficient (Wildman–Crippen LogP) is 2.83. The van der Waals surface area contributed by atoms with Crippen LogP contribution in [0.4, 0.5) is 0 Å². The van der Waals surface area contributed by atoms with Crippen molar-refractivity contribution in [1.82, 2.24) is 0 Å². The van der Waals surface area contributed by atoms with Crippen molar-refractivity contribution in [3.63, 3.8) is 0 Å². The Morgan fingerprint density at radius 3 is 2.59 bits per heavy atom. The van der Waals surface area contributed by atoms with Crippen LogP contribution in [0.25, 0.3) is 20.2 Å². The van der Waals surface area contributed by atoms with Crippen molar-refractivity contribution >= 4 is 31.5 Å². The van der Waals surface area contributed by atoms with Crippen molar-refractivity contribution in [1.29, 1.82) is 0 Å². The van der Waals surface area contributed by atoms with Gasteiger partial charge in [0, 0.05) is 21.5 Å². The van der Waals surface area contributed by atoms with E-state index < -0.39 is 0 Å². The topological polar surface area (TPSA) is 57.5 Å². The molecular formula is C13H8O3S. The van der Waals surface area contributed by atoms with Crippen molar-refractivity contribution in [2.24, 2.45) is 0 Å². The highest BCUT2D eigenvalue weighted by molar-refractivity contribution is 7.24. The first kappa shape index (κ1) is 10.1. The van der Waals surface area contributed by atoms with Gasteiger partial charge in [0.2, 0.25) is 0 Å². The summed E-state index contributed by atoms with van der Waals surface area (Å²) in [5, 5.41) is 20.1. The van der Waals surface area contributed by atoms with Crippen molar-refractivity contribution in [3.8, 4) is 11.5 Å². The molecule has 2 N–H and O–H groups in total. The van der Waals surface area contributed by atoms with E-state index >= 15 is 0 Å². The molecule has 4 heteroatoms. The summed E-state index contributed by atoms with van der Waals surface area (Å²) in [6, 6.07) is 9.86. The second-order valence-electron chi connectivity index (χ2n) is 3.77. The summed E-state index contributed by atoms with van der Waals surface area (Å²) in [5.74, 6) is -0.164. The maximum atomic E-state index is 12.2. The second-order valence-corrected chi connectivity index (χ2v) is 4.82. The lowest BCUT2D eigenvalue weighted by atomic mass is 10.1. The molecule has 0 spiro atoms. The molecule has 0 aliphatic heterocycles. The molecule has 0 aliphatic carbocycles. The van der Waals surface area contributed by atoms with E-state index in [1.165, 1.54) is 23.5 Å². The van der Waals surface area contributed by atoms with Crippen LogP contribution in [0.3, 0.4) is 0 Å². The average Bonchev–Trinajstić information content (AvgIpc) is 2.31. The predicted molar refractivity (Wildman–Crippen MR) is 68.9 cm³/mol. The molecule has 3 rings (SSSR count). The number of rotatable bonds is 0. The normalized spacial score (nSPS) is 11.1. The Hall–Kier alpha value is -2.07. The fourth-order valence-electron chi connectivity index (χ4n) is 1.87. The Labute approximate surface area is 100 Å². The SMILES string of the molecule is O=c1c2ccccc2sc2c(O)cc(O)cc12. The van der Waals surface area contributed by atoms with Gasteiger partial charge in [-0.2, -0.15) is 0 Å². The van der Waals surface area contributed by atoms with E-state index in [1.54, 1.807) is 12.1 Å². The molecule has 0 saturated heterocycles. The van der Waals surface area contributed by atoms with Crippen LogP contribution in [-0.4, -0.2) is 10.2 Å². The summed E-state index contributed by atoms with van der Waals surface area (Å²) < 4.78 is 1.33. The smallest absolute Gasteiger partial charge is 0.196 e. The third kappa shape index (κ3) is 1.45. The Bertz CT molecular complexity index is 790. The molecule has 0 saturated carbocycles. The van der Waals surface area contributed by atoms with Gasteiger partial charge >= 0.3 is 0 Å². The van der Waals surface area contributed by atoms with Gasteiger partial charge in [0.25, 0.3) is 0 Å². The molecule has 0 unspecified atom stereocenters. The molecule has 3 aromatic rings. The van der Waals surface area contributed by atoms with E-state index in [2.05, 4.69) is 0 Å². The lowest BCUT2D eigenvalue weighted by Crippen LogP contribution is -2.00. The largest absolute Gasteiger partial charge is 0.508 e. The number of phenols is 2. The minimum Gasteiger partial charge on any atom is -0.508 e. The first-order valence-corrected chi connectivity index (χ1v) is 5.86. The molecule has 84 valence electrons. The van der Waals surface area contributed by atoms with Gasteiger partial charge < -0.3 is 10.2 Å². The van der Waals surface area contributed by atoms with Gasteiger partial charge in [0.15, 0.2) is 5.43 Å². The standard InChI is InChI=1S/C13H8O3S/c14-7-5-9-12(16)8-3-1-2-4-11(8)17-13(9)10(15)6-7/h1-6,14-15H. The van der Waals surface area contributed by atoms with Gasteiger partial charge in [-0.25, -0.2) is 0 Å². The zero-order chi connectivity index (χ0) is 12.0. The van der Waals surface area contributed by atoms with Crippen molar-refractivity contribution < 1.29 is 10.2 Å². The van der Waals surface area contributed by atoms with Crippen LogP contribution < -0.4 is 5.43 Å². The number of hydrogen-bond donors (Lipinski definition) is 2. The number of aromatic hydroxyl groups is 2. The lowest BCUT2D eigenvalue weighted by Gasteiger charge is -2.03. The minimum atomic E-state index is -0.166. The minimum absolute atomic E-state index is 0.0622. The molecular weight excluding hydrogens is 236 g/mol. The van der Waals surface area contributed by atoms with Crippen molar-refractivity contribution in [3.05, 3.63) is 46.6 Å². The maximum Gasteiger partial charge on any atom is 0.196 e. The van der Waals surface area contributed by atoms with Crippen molar-refractivity contribution in [2.45, 2.75) is 0 Å². The summed E-state index contributed by atoms with van der Waals surface area (Å²) in [7, 11) is 0. The van der Waals surface area contributed by atoms with E-state index in [1.807, 2.05) is 12.1 Å². The van der Waals surface area contributed by atoms with Crippen LogP contribution in [0.2, 0.25) is 0 Å². The van der Waals surface area contributed by atoms with Crippen LogP contribution in [0.1, 0.15) is 0 Å². The molecule has 0 bridgehead atoms. The molecule has 1 heterocycles. The maximum absolute atomic E-state index is 12.2. The number of phenolic OH excluding ortho intramolecular Hbond substituents is 2. The van der Waals surface area contributed by atoms with Gasteiger partial charge in [-0.3, -0.25) is 4.79 Å². The van der Waals surface area contributed by atoms with Gasteiger partial charge in [-0.1, -0.05) is 12.1 Å². The average molecular weight is 244 g/mol. The van der Waals surface area contributed by atoms with Crippen molar-refractivity contribution in [2.75, 3.05) is 0 Å². The zero-order valence-electron chi connectivity index (χ0n) is 8.68. The summed E-state index contributed by atoms with van der Waals surface area (Å²) in [4.78, 5) is 12.2. The third-order valence-electron chi connectivity index (χ3n) is 2.64. The summed E-state index contributed by atoms with van der Waals surface area (Å²) in [6.45, 7) is 0. The molecule has 0 amide bonds. The van der Waals surface area contributed by atoms with E-state index in [4.69, 9.17) is 0 Å². The summed E-state index contributed by atoms with van der Waals surface area (Å²) in [5.41, 5.74) is -0.166. The van der Waals surface area contributed by atoms with E-state index in [-0.39, 0.29) is 16.9 Å². The second kappa shape index (κ2) is 3.46. The highest BCUT2D eigenvalue weighted by Crippen LogP contribution is 2.33. The van der Waals surface area contributed by atoms with Crippen LogP contribution in [0.15, 0.2) is 41.2 Å². The van der Waals surface area contributed by atoms with E-state index in [0.29, 0.717) is 15.5 Å². The van der Waals surface area contributed by atoms with Crippen LogP contribution in [0, 0.1) is 0 Å². The Balaban J connectivity index is 2.64. The molecule has 0 aliphatic rings. The Morgan fingerprint density at radius 1 is 1.00 bits per heavy atom. The number of fused-ring (bicyclic) bond motifs is 2. The third-order valence-corrected chi connectivity index (χ3v) is 3.85. The van der Waals surface area contributed by atoms with Gasteiger partial charge in [-0.05, 0) is 18.2 Å². The highest BCUT2D eigenvalue weighted by atomic mass is 32.1. The summed E-state index contributed by atoms with van der Waals surface area (Å²) >= 11 is 1.34. The van der Waals surface area contributed by atoms with Crippen LogP contribution in [-0.2, 0) is 0 Å². The van der Waals surface area contributed by atoms with Crippen LogP contribution in [0.5, 0.6) is 11.5 Å². The quantitative estimate of drug-likeness (QED) is 0.598. The molecule has 1 aromatic heterocycles. The lowest BCUT2D eigenvalue weighted by molar-refractivity contribution is 0.455. The van der Waals surface area contributed by atoms with E-state index in [0.717, 1.165) is 4.70 Å². The Morgan fingerprint density at radius 2 is 1.76 bits per heavy atom. The van der Waals surface area contributed by atoms with Gasteiger partial charge in [0.05, 0.1) is 4.70 Å². The number of benzene rings is 2. The van der Waals surface area contributed by atoms with E-state index in [9.17, 15) is 15.0 Å². The van der Waals surface area contributed by atoms with Gasteiger partial charge in [0.1, 0.15) is 11.5 Å². The first-order chi connectivity index (χ1) is 8.16. The zero-order valence-corrected chi connectivity index (χ0v) is 9.49. The highest BCUT2D eigenvalue weighted by Gasteiger charge is 2.10. The molecule has 17 heavy (non-hydrogen) atoms. The molecule has 0 atom stereocenters. The molecule has 3 nitrogen and oxygen atoms in total. The monoisotopic (exact) mass is 244 g/mol. The first-order valence-electron chi connectivity index (χ1n) is 5.04. The van der Waals surface area contributed by atoms with Crippen LogP contribution >= 0.6 is 11.3 Å². The Kier molecular flexibility index (Phi) is 2.06. The molecule has 0 radical (unpaired) electrons. The van der Waals surface area contributed by atoms with Gasteiger partial charge in [-0.15, -0.1) is 11.3 Å².